The van der Waals surface area contributed by atoms with Gasteiger partial charge in [-0.2, -0.15) is 0 Å². The van der Waals surface area contributed by atoms with Crippen LogP contribution >= 0.6 is 0 Å². The molecule has 0 saturated carbocycles. The first-order chi connectivity index (χ1) is 17.1. The second-order valence-corrected chi connectivity index (χ2v) is 7.50. The highest BCUT2D eigenvalue weighted by Crippen LogP contribution is 2.29. The number of methoxy groups -OCH3 is 2. The third kappa shape index (κ3) is 5.80. The van der Waals surface area contributed by atoms with E-state index in [2.05, 4.69) is 10.6 Å². The predicted molar refractivity (Wildman–Crippen MR) is 134 cm³/mol. The van der Waals surface area contributed by atoms with Crippen LogP contribution in [0.4, 0.5) is 11.4 Å². The molecule has 35 heavy (non-hydrogen) atoms. The molecule has 8 nitrogen and oxygen atoms in total. The summed E-state index contributed by atoms with van der Waals surface area (Å²) in [6.07, 6.45) is 3.86. The van der Waals surface area contributed by atoms with Crippen LogP contribution in [0.1, 0.15) is 10.4 Å². The quantitative estimate of drug-likeness (QED) is 0.367. The smallest absolute Gasteiger partial charge is 0.262 e. The molecule has 2 N–H and O–H groups in total. The van der Waals surface area contributed by atoms with Gasteiger partial charge >= 0.3 is 0 Å². The lowest BCUT2D eigenvalue weighted by atomic mass is 10.1. The Hall–Kier alpha value is -4.72. The molecule has 0 radical (unpaired) electrons. The van der Waals surface area contributed by atoms with Gasteiger partial charge in [-0.25, -0.2) is 0 Å². The maximum Gasteiger partial charge on any atom is 0.262 e. The van der Waals surface area contributed by atoms with Gasteiger partial charge < -0.3 is 29.4 Å². The standard InChI is InChI=1S/C27H25N3O5/c1-33-23-11-4-3-10-22(23)29-26(31)18-35-24-13-12-19(16-25(24)34-2)27(32)28-20-8-7-9-21(17-20)30-14-5-6-15-30/h3-17H,18H2,1-2H3,(H,28,32)(H,29,31). The monoisotopic (exact) mass is 471 g/mol. The zero-order chi connectivity index (χ0) is 24.6. The zero-order valence-corrected chi connectivity index (χ0v) is 19.4. The van der Waals surface area contributed by atoms with Crippen molar-refractivity contribution in [3.8, 4) is 22.9 Å². The van der Waals surface area contributed by atoms with E-state index < -0.39 is 0 Å². The van der Waals surface area contributed by atoms with Crippen molar-refractivity contribution in [2.45, 2.75) is 0 Å². The molecule has 0 unspecified atom stereocenters. The molecule has 2 amide bonds. The summed E-state index contributed by atoms with van der Waals surface area (Å²) in [6.45, 7) is -0.244. The van der Waals surface area contributed by atoms with E-state index in [1.165, 1.54) is 14.2 Å². The fraction of sp³-hybridized carbons (Fsp3) is 0.111. The van der Waals surface area contributed by atoms with E-state index in [0.717, 1.165) is 5.69 Å². The van der Waals surface area contributed by atoms with Crippen LogP contribution in [0, 0.1) is 0 Å². The lowest BCUT2D eigenvalue weighted by Crippen LogP contribution is -2.20. The molecule has 4 rings (SSSR count). The molecule has 0 aliphatic rings. The first kappa shape index (κ1) is 23.4. The Morgan fingerprint density at radius 1 is 0.771 bits per heavy atom. The first-order valence-electron chi connectivity index (χ1n) is 10.9. The van der Waals surface area contributed by atoms with E-state index in [4.69, 9.17) is 14.2 Å². The summed E-state index contributed by atoms with van der Waals surface area (Å²) < 4.78 is 18.2. The Labute approximate surface area is 203 Å². The summed E-state index contributed by atoms with van der Waals surface area (Å²) >= 11 is 0. The van der Waals surface area contributed by atoms with Crippen molar-refractivity contribution in [1.82, 2.24) is 4.57 Å². The number of carbonyl (C=O) groups excluding carboxylic acids is 2. The van der Waals surface area contributed by atoms with Gasteiger partial charge in [0.2, 0.25) is 0 Å². The molecule has 1 heterocycles. The highest BCUT2D eigenvalue weighted by atomic mass is 16.5. The van der Waals surface area contributed by atoms with Gasteiger partial charge in [0, 0.05) is 29.3 Å². The minimum Gasteiger partial charge on any atom is -0.495 e. The van der Waals surface area contributed by atoms with Crippen LogP contribution in [0.15, 0.2) is 91.3 Å². The molecule has 0 spiro atoms. The van der Waals surface area contributed by atoms with E-state index in [1.807, 2.05) is 59.4 Å². The number of para-hydroxylation sites is 2. The van der Waals surface area contributed by atoms with E-state index >= 15 is 0 Å². The summed E-state index contributed by atoms with van der Waals surface area (Å²) in [4.78, 5) is 25.2. The largest absolute Gasteiger partial charge is 0.495 e. The number of anilines is 2. The van der Waals surface area contributed by atoms with Gasteiger partial charge in [0.1, 0.15) is 5.75 Å². The van der Waals surface area contributed by atoms with Gasteiger partial charge in [-0.3, -0.25) is 9.59 Å². The predicted octanol–water partition coefficient (Wildman–Crippen LogP) is 4.76. The summed E-state index contributed by atoms with van der Waals surface area (Å²) in [5.74, 6) is 0.569. The van der Waals surface area contributed by atoms with Gasteiger partial charge in [-0.15, -0.1) is 0 Å². The van der Waals surface area contributed by atoms with Crippen LogP contribution < -0.4 is 24.8 Å². The SMILES string of the molecule is COc1ccccc1NC(=O)COc1ccc(C(=O)Nc2cccc(-n3cccc3)c2)cc1OC. The number of nitrogens with one attached hydrogen (secondary N) is 2. The third-order valence-corrected chi connectivity index (χ3v) is 5.17. The maximum atomic E-state index is 12.8. The Morgan fingerprint density at radius 3 is 2.31 bits per heavy atom. The normalized spacial score (nSPS) is 10.3. The molecular weight excluding hydrogens is 446 g/mol. The topological polar surface area (TPSA) is 90.8 Å². The molecule has 0 saturated heterocycles. The Kier molecular flexibility index (Phi) is 7.32. The number of rotatable bonds is 9. The van der Waals surface area contributed by atoms with Crippen LogP contribution in [0.5, 0.6) is 17.2 Å². The van der Waals surface area contributed by atoms with Crippen molar-refractivity contribution in [2.75, 3.05) is 31.5 Å². The number of benzene rings is 3. The third-order valence-electron chi connectivity index (χ3n) is 5.17. The average molecular weight is 472 g/mol. The first-order valence-corrected chi connectivity index (χ1v) is 10.9. The van der Waals surface area contributed by atoms with Crippen molar-refractivity contribution in [3.63, 3.8) is 0 Å². The number of carbonyl (C=O) groups is 2. The van der Waals surface area contributed by atoms with Crippen molar-refractivity contribution < 1.29 is 23.8 Å². The van der Waals surface area contributed by atoms with E-state index in [0.29, 0.717) is 34.2 Å². The summed E-state index contributed by atoms with van der Waals surface area (Å²) in [5.41, 5.74) is 2.52. The van der Waals surface area contributed by atoms with E-state index in [9.17, 15) is 9.59 Å². The zero-order valence-electron chi connectivity index (χ0n) is 19.4. The summed E-state index contributed by atoms with van der Waals surface area (Å²) in [7, 11) is 3.00. The van der Waals surface area contributed by atoms with E-state index in [-0.39, 0.29) is 18.4 Å². The van der Waals surface area contributed by atoms with Gasteiger partial charge in [-0.1, -0.05) is 18.2 Å². The maximum absolute atomic E-state index is 12.8. The number of aromatic nitrogens is 1. The lowest BCUT2D eigenvalue weighted by Gasteiger charge is -2.13. The average Bonchev–Trinajstić information content (AvgIpc) is 3.43. The molecular formula is C27H25N3O5. The van der Waals surface area contributed by atoms with Crippen LogP contribution in [0.25, 0.3) is 5.69 Å². The molecule has 1 aromatic heterocycles. The number of hydrogen-bond acceptors (Lipinski definition) is 5. The minimum atomic E-state index is -0.360. The lowest BCUT2D eigenvalue weighted by molar-refractivity contribution is -0.118. The fourth-order valence-corrected chi connectivity index (χ4v) is 3.46. The van der Waals surface area contributed by atoms with Crippen LogP contribution in [0.2, 0.25) is 0 Å². The van der Waals surface area contributed by atoms with Crippen LogP contribution in [-0.4, -0.2) is 37.2 Å². The fourth-order valence-electron chi connectivity index (χ4n) is 3.46. The highest BCUT2D eigenvalue weighted by molar-refractivity contribution is 6.04. The Balaban J connectivity index is 1.40. The van der Waals surface area contributed by atoms with Crippen LogP contribution in [0.3, 0.4) is 0 Å². The van der Waals surface area contributed by atoms with Crippen molar-refractivity contribution >= 4 is 23.2 Å². The van der Waals surface area contributed by atoms with Crippen LogP contribution in [-0.2, 0) is 4.79 Å². The van der Waals surface area contributed by atoms with Gasteiger partial charge in [0.15, 0.2) is 18.1 Å². The van der Waals surface area contributed by atoms with Crippen molar-refractivity contribution in [2.24, 2.45) is 0 Å². The molecule has 0 aliphatic carbocycles. The Morgan fingerprint density at radius 2 is 1.54 bits per heavy atom. The number of nitrogens with zero attached hydrogens (tertiary/aromatic N) is 1. The van der Waals surface area contributed by atoms with E-state index in [1.54, 1.807) is 36.4 Å². The number of amides is 2. The molecule has 0 atom stereocenters. The molecule has 0 bridgehead atoms. The molecule has 0 aliphatic heterocycles. The molecule has 0 fully saturated rings. The minimum absolute atomic E-state index is 0.244. The van der Waals surface area contributed by atoms with Gasteiger partial charge in [0.25, 0.3) is 11.8 Å². The molecule has 4 aromatic rings. The summed E-state index contributed by atoms with van der Waals surface area (Å²) in [5, 5.41) is 5.64. The van der Waals surface area contributed by atoms with Gasteiger partial charge in [0.05, 0.1) is 19.9 Å². The second kappa shape index (κ2) is 10.9. The molecule has 3 aromatic carbocycles. The van der Waals surface area contributed by atoms with Gasteiger partial charge in [-0.05, 0) is 60.7 Å². The molecule has 178 valence electrons. The van der Waals surface area contributed by atoms with Crippen molar-refractivity contribution in [1.29, 1.82) is 0 Å². The number of ether oxygens (including phenoxy) is 3. The Bertz CT molecular complexity index is 1320. The summed E-state index contributed by atoms with van der Waals surface area (Å²) in [6, 6.07) is 23.3. The second-order valence-electron chi connectivity index (χ2n) is 7.50. The number of hydrogen-bond donors (Lipinski definition) is 2. The molecule has 8 heteroatoms. The highest BCUT2D eigenvalue weighted by Gasteiger charge is 2.14. The van der Waals surface area contributed by atoms with Crippen molar-refractivity contribution in [3.05, 3.63) is 96.8 Å².